The van der Waals surface area contributed by atoms with Crippen LogP contribution in [0.1, 0.15) is 77.0 Å². The number of nitrogens with one attached hydrogen (secondary N) is 2. The molecule has 30 heteroatoms. The maximum absolute atomic E-state index is 14.6. The van der Waals surface area contributed by atoms with E-state index in [2.05, 4.69) is 30.3 Å². The van der Waals surface area contributed by atoms with Crippen LogP contribution < -0.4 is 30.7 Å². The highest BCUT2D eigenvalue weighted by Crippen LogP contribution is 2.52. The molecule has 0 spiro atoms. The summed E-state index contributed by atoms with van der Waals surface area (Å²) in [5, 5.41) is 56.9. The van der Waals surface area contributed by atoms with Gasteiger partial charge >= 0.3 is 27.4 Å². The van der Waals surface area contributed by atoms with Crippen LogP contribution in [0, 0.1) is 10.8 Å². The number of nitrogens with zero attached hydrogens (tertiary/aromatic N) is 6. The lowest BCUT2D eigenvalue weighted by Gasteiger charge is -2.31. The molecule has 2 saturated carbocycles. The Morgan fingerprint density at radius 2 is 1.00 bits per heavy atom. The van der Waals surface area contributed by atoms with Crippen LogP contribution in [-0.2, 0) is 46.7 Å². The van der Waals surface area contributed by atoms with Crippen molar-refractivity contribution in [1.82, 2.24) is 39.4 Å². The predicted molar refractivity (Wildman–Crippen MR) is 287 cm³/mol. The molecule has 26 nitrogen and oxygen atoms in total. The van der Waals surface area contributed by atoms with E-state index in [0.717, 1.165) is 25.7 Å². The molecular formula is C52H66F2N10O16P2. The van der Waals surface area contributed by atoms with Crippen LogP contribution in [0.4, 0.5) is 20.4 Å². The third kappa shape index (κ3) is 13.2. The van der Waals surface area contributed by atoms with Crippen LogP contribution >= 0.6 is 15.5 Å². The van der Waals surface area contributed by atoms with Crippen LogP contribution in [0.2, 0.25) is 0 Å². The number of nitrogen functional groups attached to an aromatic ring is 2. The molecule has 0 amide bonds. The van der Waals surface area contributed by atoms with E-state index in [1.165, 1.54) is 59.8 Å². The smallest absolute Gasteiger partial charge is 0.459 e. The quantitative estimate of drug-likeness (QED) is 0.0301. The van der Waals surface area contributed by atoms with Gasteiger partial charge in [-0.25, -0.2) is 36.9 Å². The van der Waals surface area contributed by atoms with E-state index in [-0.39, 0.29) is 58.6 Å². The number of para-hydroxylation sites is 2. The Kier molecular flexibility index (Phi) is 17.8. The first-order chi connectivity index (χ1) is 39.0. The minimum Gasteiger partial charge on any atom is -0.464 e. The van der Waals surface area contributed by atoms with E-state index in [1.807, 2.05) is 13.8 Å². The molecule has 10 rings (SSSR count). The largest absolute Gasteiger partial charge is 0.464 e. The van der Waals surface area contributed by atoms with Gasteiger partial charge in [-0.2, -0.15) is 20.4 Å². The standard InChI is InChI=1S/2C26H33FN5O8P/c2*1-16(24(35)37-13-25(2)10-11-25)31-41(36,40-17-6-4-3-5-7-17)38-14-26(12-27)22(34)20(33)21(39-26)18-8-9-19-23(28)29-15-30-32(18)19/h2*3-9,15-16,20-22,33-34H,10-14H2,1-2H3,(H,31,36)(H2,28,29,30)/t16-,20-,21-,22-,26+,41+;16-,20-,21-,22-,26+,41-/m00/s1. The zero-order chi connectivity index (χ0) is 58.8. The highest BCUT2D eigenvalue weighted by Gasteiger charge is 2.58. The molecule has 4 fully saturated rings. The Morgan fingerprint density at radius 3 is 1.34 bits per heavy atom. The zero-order valence-electron chi connectivity index (χ0n) is 45.1. The van der Waals surface area contributed by atoms with Gasteiger partial charge in [0.1, 0.15) is 108 Å². The van der Waals surface area contributed by atoms with Crippen LogP contribution in [0.15, 0.2) is 97.6 Å². The summed E-state index contributed by atoms with van der Waals surface area (Å²) in [7, 11) is -8.83. The summed E-state index contributed by atoms with van der Waals surface area (Å²) in [5.74, 6) is -0.717. The lowest BCUT2D eigenvalue weighted by Crippen LogP contribution is -2.49. The highest BCUT2D eigenvalue weighted by atomic mass is 31.2. The van der Waals surface area contributed by atoms with Gasteiger partial charge in [-0.3, -0.25) is 18.6 Å². The fraction of sp³-hybridized carbons (Fsp3) is 0.500. The normalized spacial score (nSPS) is 27.3. The highest BCUT2D eigenvalue weighted by molar-refractivity contribution is 7.52. The maximum Gasteiger partial charge on any atom is 0.459 e. The Labute approximate surface area is 468 Å². The van der Waals surface area contributed by atoms with Gasteiger partial charge in [0.2, 0.25) is 0 Å². The summed E-state index contributed by atoms with van der Waals surface area (Å²) in [5.41, 5.74) is 8.76. The second kappa shape index (κ2) is 24.1. The monoisotopic (exact) mass is 1190 g/mol. The first-order valence-corrected chi connectivity index (χ1v) is 29.3. The number of fused-ring (bicyclic) bond motifs is 2. The Hall–Kier alpha value is -6.26. The van der Waals surface area contributed by atoms with E-state index >= 15 is 0 Å². The number of aliphatic hydroxyl groups excluding tert-OH is 4. The van der Waals surface area contributed by atoms with Crippen molar-refractivity contribution in [3.63, 3.8) is 0 Å². The molecule has 0 unspecified atom stereocenters. The lowest BCUT2D eigenvalue weighted by molar-refractivity contribution is -0.147. The Balaban J connectivity index is 0.000000198. The van der Waals surface area contributed by atoms with E-state index in [4.69, 9.17) is 48.5 Å². The van der Waals surface area contributed by atoms with E-state index in [0.29, 0.717) is 11.0 Å². The van der Waals surface area contributed by atoms with Gasteiger partial charge < -0.3 is 59.9 Å². The average Bonchev–Trinajstić information content (AvgIpc) is 2.96. The molecule has 4 aliphatic rings. The number of nitrogens with two attached hydrogens (primary N) is 2. The molecular weight excluding hydrogens is 1120 g/mol. The molecule has 12 atom stereocenters. The third-order valence-electron chi connectivity index (χ3n) is 14.8. The molecule has 6 aromatic rings. The fourth-order valence-corrected chi connectivity index (χ4v) is 12.1. The van der Waals surface area contributed by atoms with Crippen molar-refractivity contribution in [1.29, 1.82) is 0 Å². The van der Waals surface area contributed by atoms with Gasteiger partial charge in [-0.1, -0.05) is 50.2 Å². The lowest BCUT2D eigenvalue weighted by atomic mass is 9.96. The molecule has 10 N–H and O–H groups in total. The molecule has 2 saturated heterocycles. The second-order valence-corrected chi connectivity index (χ2v) is 25.0. The van der Waals surface area contributed by atoms with Crippen molar-refractivity contribution >= 4 is 50.1 Å². The number of carbonyl (C=O) groups is 2. The van der Waals surface area contributed by atoms with E-state index in [9.17, 15) is 47.9 Å². The Morgan fingerprint density at radius 1 is 0.634 bits per heavy atom. The summed E-state index contributed by atoms with van der Waals surface area (Å²) in [6, 6.07) is 20.1. The molecule has 2 aliphatic carbocycles. The number of hydrogen-bond acceptors (Lipinski definition) is 22. The van der Waals surface area contributed by atoms with Crippen molar-refractivity contribution in [2.45, 2.75) is 113 Å². The van der Waals surface area contributed by atoms with Gasteiger partial charge in [0, 0.05) is 10.8 Å². The summed E-state index contributed by atoms with van der Waals surface area (Å²) in [6.45, 7) is 3.04. The van der Waals surface area contributed by atoms with E-state index in [1.54, 1.807) is 60.7 Å². The topological polar surface area (TPSA) is 360 Å². The summed E-state index contributed by atoms with van der Waals surface area (Å²) >= 11 is 0. The molecule has 6 heterocycles. The van der Waals surface area contributed by atoms with Crippen molar-refractivity contribution < 1.29 is 85.0 Å². The molecule has 2 aliphatic heterocycles. The summed E-state index contributed by atoms with van der Waals surface area (Å²) in [6.07, 6.45) is -3.12. The number of aromatic nitrogens is 6. The van der Waals surface area contributed by atoms with Crippen molar-refractivity contribution in [2.75, 3.05) is 51.2 Å². The summed E-state index contributed by atoms with van der Waals surface area (Å²) in [4.78, 5) is 33.1. The van der Waals surface area contributed by atoms with Crippen LogP contribution in [0.25, 0.3) is 11.0 Å². The number of hydrogen-bond donors (Lipinski definition) is 8. The molecule has 444 valence electrons. The maximum atomic E-state index is 14.6. The van der Waals surface area contributed by atoms with Crippen LogP contribution in [-0.4, -0.2) is 149 Å². The number of rotatable bonds is 24. The number of aliphatic hydroxyl groups is 4. The number of halogens is 2. The van der Waals surface area contributed by atoms with Gasteiger partial charge in [0.05, 0.1) is 37.8 Å². The third-order valence-corrected chi connectivity index (χ3v) is 18.0. The van der Waals surface area contributed by atoms with Crippen LogP contribution in [0.3, 0.4) is 0 Å². The molecule has 4 aromatic heterocycles. The van der Waals surface area contributed by atoms with Gasteiger partial charge in [-0.05, 0) is 88.1 Å². The number of anilines is 2. The first-order valence-electron chi connectivity index (χ1n) is 26.2. The Bertz CT molecular complexity index is 3100. The average molecular weight is 1190 g/mol. The van der Waals surface area contributed by atoms with Crippen molar-refractivity contribution in [3.05, 3.63) is 109 Å². The van der Waals surface area contributed by atoms with Crippen LogP contribution in [0.5, 0.6) is 11.5 Å². The van der Waals surface area contributed by atoms with Gasteiger partial charge in [0.25, 0.3) is 0 Å². The number of carbonyl (C=O) groups excluding carboxylic acids is 2. The predicted octanol–water partition coefficient (Wildman–Crippen LogP) is 4.68. The molecule has 2 aromatic carbocycles. The van der Waals surface area contributed by atoms with Gasteiger partial charge in [0.15, 0.2) is 11.6 Å². The number of ether oxygens (including phenoxy) is 4. The van der Waals surface area contributed by atoms with Gasteiger partial charge in [-0.15, -0.1) is 0 Å². The number of esters is 2. The fourth-order valence-electron chi connectivity index (χ4n) is 8.97. The first kappa shape index (κ1) is 60.3. The molecule has 82 heavy (non-hydrogen) atoms. The van der Waals surface area contributed by atoms with Crippen molar-refractivity contribution in [3.8, 4) is 11.5 Å². The van der Waals surface area contributed by atoms with E-state index < -0.39 is 114 Å². The number of alkyl halides is 2. The minimum absolute atomic E-state index is 0.0555. The van der Waals surface area contributed by atoms with Crippen molar-refractivity contribution in [2.24, 2.45) is 10.8 Å². The SMILES string of the molecule is C[C@H](N[P@@](=O)(OC[C@@]1(CF)O[C@@H](c2ccc3c(N)ncnn23)[C@H](O)[C@@H]1O)Oc1ccccc1)C(=O)OCC1(C)CC1.C[C@H](N[P@](=O)(OC[C@@]1(CF)O[C@@H](c2ccc3c(N)ncnn23)[C@H](O)[C@@H]1O)Oc1ccccc1)C(=O)OCC1(C)CC1. The summed E-state index contributed by atoms with van der Waals surface area (Å²) < 4.78 is 105. The molecule has 0 bridgehead atoms. The second-order valence-electron chi connectivity index (χ2n) is 21.6. The number of benzene rings is 2. The minimum atomic E-state index is -4.41. The zero-order valence-corrected chi connectivity index (χ0v) is 46.9. The molecule has 0 radical (unpaired) electrons.